The predicted molar refractivity (Wildman–Crippen MR) is 72.5 cm³/mol. The van der Waals surface area contributed by atoms with Gasteiger partial charge in [-0.15, -0.1) is 0 Å². The Kier molecular flexibility index (Phi) is 3.51. The van der Waals surface area contributed by atoms with Gasteiger partial charge in [0.1, 0.15) is 4.90 Å². The first kappa shape index (κ1) is 13.3. The second kappa shape index (κ2) is 5.01. The molecule has 5 nitrogen and oxygen atoms in total. The summed E-state index contributed by atoms with van der Waals surface area (Å²) in [5.41, 5.74) is 0. The number of sulfonamides is 1. The van der Waals surface area contributed by atoms with Crippen LogP contribution in [0.15, 0.2) is 23.4 Å². The van der Waals surface area contributed by atoms with Crippen molar-refractivity contribution in [1.82, 2.24) is 14.6 Å². The Morgan fingerprint density at radius 1 is 1.37 bits per heavy atom. The number of aromatic nitrogens is 1. The molecule has 1 atom stereocenters. The third-order valence-corrected chi connectivity index (χ3v) is 5.95. The molecular formula is C12H16ClN3O2S. The quantitative estimate of drug-likeness (QED) is 0.908. The minimum Gasteiger partial charge on any atom is -0.302 e. The van der Waals surface area contributed by atoms with Gasteiger partial charge in [0, 0.05) is 25.0 Å². The van der Waals surface area contributed by atoms with E-state index in [-0.39, 0.29) is 16.0 Å². The van der Waals surface area contributed by atoms with E-state index in [0.29, 0.717) is 5.92 Å². The largest absolute Gasteiger partial charge is 0.302 e. The first-order valence-corrected chi connectivity index (χ1v) is 8.26. The third-order valence-electron chi connectivity index (χ3n) is 3.99. The number of halogens is 1. The molecule has 1 aromatic heterocycles. The summed E-state index contributed by atoms with van der Waals surface area (Å²) in [5, 5.41) is 0.212. The molecule has 2 bridgehead atoms. The van der Waals surface area contributed by atoms with E-state index >= 15 is 0 Å². The average Bonchev–Trinajstić information content (AvgIpc) is 2.40. The van der Waals surface area contributed by atoms with Crippen LogP contribution in [0.2, 0.25) is 5.02 Å². The second-order valence-corrected chi connectivity index (χ2v) is 7.26. The van der Waals surface area contributed by atoms with Crippen LogP contribution >= 0.6 is 11.6 Å². The van der Waals surface area contributed by atoms with Gasteiger partial charge in [-0.1, -0.05) is 11.6 Å². The fourth-order valence-electron chi connectivity index (χ4n) is 2.92. The minimum absolute atomic E-state index is 0.0104. The highest BCUT2D eigenvalue weighted by Gasteiger charge is 2.36. The SMILES string of the molecule is O=S(=O)(NC1CN2CCC1CC2)c1cnccc1Cl. The molecule has 3 fully saturated rings. The molecule has 7 heteroatoms. The maximum atomic E-state index is 12.3. The standard InChI is InChI=1S/C12H16ClN3O2S/c13-10-1-4-14-7-12(10)19(17,18)15-11-8-16-5-2-9(11)3-6-16/h1,4,7,9,11,15H,2-3,5-6,8H2. The van der Waals surface area contributed by atoms with Crippen molar-refractivity contribution < 1.29 is 8.42 Å². The van der Waals surface area contributed by atoms with Gasteiger partial charge in [-0.25, -0.2) is 13.1 Å². The monoisotopic (exact) mass is 301 g/mol. The van der Waals surface area contributed by atoms with Gasteiger partial charge in [-0.05, 0) is 37.9 Å². The van der Waals surface area contributed by atoms with E-state index in [9.17, 15) is 8.42 Å². The summed E-state index contributed by atoms with van der Waals surface area (Å²) in [4.78, 5) is 6.21. The molecule has 104 valence electrons. The molecule has 3 aliphatic rings. The van der Waals surface area contributed by atoms with Gasteiger partial charge in [0.15, 0.2) is 0 Å². The van der Waals surface area contributed by atoms with Gasteiger partial charge in [-0.2, -0.15) is 0 Å². The van der Waals surface area contributed by atoms with Crippen molar-refractivity contribution in [2.75, 3.05) is 19.6 Å². The fraction of sp³-hybridized carbons (Fsp3) is 0.583. The maximum absolute atomic E-state index is 12.3. The highest BCUT2D eigenvalue weighted by molar-refractivity contribution is 7.89. The van der Waals surface area contributed by atoms with Crippen LogP contribution in [0.25, 0.3) is 0 Å². The van der Waals surface area contributed by atoms with Crippen molar-refractivity contribution in [3.05, 3.63) is 23.5 Å². The molecule has 3 saturated heterocycles. The van der Waals surface area contributed by atoms with Crippen LogP contribution in [0.5, 0.6) is 0 Å². The molecule has 0 spiro atoms. The summed E-state index contributed by atoms with van der Waals surface area (Å²) in [6.07, 6.45) is 4.91. The number of pyridine rings is 1. The molecular weight excluding hydrogens is 286 g/mol. The van der Waals surface area contributed by atoms with Gasteiger partial charge in [0.2, 0.25) is 10.0 Å². The van der Waals surface area contributed by atoms with E-state index in [1.54, 1.807) is 0 Å². The topological polar surface area (TPSA) is 62.3 Å². The van der Waals surface area contributed by atoms with Gasteiger partial charge in [-0.3, -0.25) is 4.98 Å². The van der Waals surface area contributed by atoms with Crippen LogP contribution in [-0.2, 0) is 10.0 Å². The lowest BCUT2D eigenvalue weighted by molar-refractivity contribution is 0.0827. The summed E-state index contributed by atoms with van der Waals surface area (Å²) >= 11 is 5.94. The third kappa shape index (κ3) is 2.63. The molecule has 0 saturated carbocycles. The van der Waals surface area contributed by atoms with Gasteiger partial charge in [0.25, 0.3) is 0 Å². The molecule has 4 rings (SSSR count). The zero-order valence-corrected chi connectivity index (χ0v) is 12.0. The summed E-state index contributed by atoms with van der Waals surface area (Å²) in [6, 6.07) is 1.48. The Hall–Kier alpha value is -0.690. The predicted octanol–water partition coefficient (Wildman–Crippen LogP) is 1.11. The van der Waals surface area contributed by atoms with Crippen molar-refractivity contribution in [2.45, 2.75) is 23.8 Å². The highest BCUT2D eigenvalue weighted by atomic mass is 35.5. The van der Waals surface area contributed by atoms with E-state index in [1.807, 2.05) is 0 Å². The Morgan fingerprint density at radius 2 is 2.11 bits per heavy atom. The minimum atomic E-state index is -3.58. The van der Waals surface area contributed by atoms with Crippen molar-refractivity contribution in [3.8, 4) is 0 Å². The first-order chi connectivity index (χ1) is 9.06. The van der Waals surface area contributed by atoms with Crippen LogP contribution < -0.4 is 4.72 Å². The number of fused-ring (bicyclic) bond motifs is 3. The zero-order chi connectivity index (χ0) is 13.5. The van der Waals surface area contributed by atoms with E-state index in [4.69, 9.17) is 11.6 Å². The second-order valence-electron chi connectivity index (χ2n) is 5.17. The first-order valence-electron chi connectivity index (χ1n) is 6.40. The number of hydrogen-bond acceptors (Lipinski definition) is 4. The smallest absolute Gasteiger partial charge is 0.243 e. The van der Waals surface area contributed by atoms with Gasteiger partial charge < -0.3 is 4.90 Å². The lowest BCUT2D eigenvalue weighted by atomic mass is 9.85. The molecule has 1 N–H and O–H groups in total. The summed E-state index contributed by atoms with van der Waals surface area (Å²) in [5.74, 6) is 0.440. The van der Waals surface area contributed by atoms with Crippen LogP contribution in [0.1, 0.15) is 12.8 Å². The van der Waals surface area contributed by atoms with Crippen molar-refractivity contribution in [2.24, 2.45) is 5.92 Å². The normalized spacial score (nSPS) is 30.5. The molecule has 4 heterocycles. The van der Waals surface area contributed by atoms with Crippen LogP contribution in [0.4, 0.5) is 0 Å². The van der Waals surface area contributed by atoms with Crippen LogP contribution in [0, 0.1) is 5.92 Å². The number of hydrogen-bond donors (Lipinski definition) is 1. The van der Waals surface area contributed by atoms with Crippen molar-refractivity contribution in [3.63, 3.8) is 0 Å². The Morgan fingerprint density at radius 3 is 2.68 bits per heavy atom. The summed E-state index contributed by atoms with van der Waals surface area (Å²) in [6.45, 7) is 2.95. The van der Waals surface area contributed by atoms with E-state index in [2.05, 4.69) is 14.6 Å². The average molecular weight is 302 g/mol. The number of nitrogens with one attached hydrogen (secondary N) is 1. The van der Waals surface area contributed by atoms with Gasteiger partial charge in [0.05, 0.1) is 5.02 Å². The van der Waals surface area contributed by atoms with Gasteiger partial charge >= 0.3 is 0 Å². The van der Waals surface area contributed by atoms with Crippen molar-refractivity contribution in [1.29, 1.82) is 0 Å². The molecule has 19 heavy (non-hydrogen) atoms. The number of rotatable bonds is 3. The molecule has 3 aliphatic heterocycles. The van der Waals surface area contributed by atoms with Crippen LogP contribution in [-0.4, -0.2) is 44.0 Å². The Balaban J connectivity index is 1.81. The van der Waals surface area contributed by atoms with Crippen molar-refractivity contribution >= 4 is 21.6 Å². The molecule has 0 aliphatic carbocycles. The molecule has 0 aromatic carbocycles. The molecule has 0 amide bonds. The molecule has 1 unspecified atom stereocenters. The van der Waals surface area contributed by atoms with E-state index in [0.717, 1.165) is 32.5 Å². The maximum Gasteiger partial charge on any atom is 0.243 e. The highest BCUT2D eigenvalue weighted by Crippen LogP contribution is 2.29. The fourth-order valence-corrected chi connectivity index (χ4v) is 4.65. The Labute approximate surface area is 118 Å². The van der Waals surface area contributed by atoms with E-state index < -0.39 is 10.0 Å². The zero-order valence-electron chi connectivity index (χ0n) is 10.4. The molecule has 1 aromatic rings. The lowest BCUT2D eigenvalue weighted by Crippen LogP contribution is -2.57. The van der Waals surface area contributed by atoms with E-state index in [1.165, 1.54) is 18.5 Å². The number of piperidine rings is 3. The molecule has 0 radical (unpaired) electrons. The number of nitrogens with zero attached hydrogens (tertiary/aromatic N) is 2. The van der Waals surface area contributed by atoms with Crippen LogP contribution in [0.3, 0.4) is 0 Å². The lowest BCUT2D eigenvalue weighted by Gasteiger charge is -2.44. The summed E-state index contributed by atoms with van der Waals surface area (Å²) < 4.78 is 27.5. The summed E-state index contributed by atoms with van der Waals surface area (Å²) in [7, 11) is -3.58. The Bertz CT molecular complexity index is 570.